The number of aryl methyl sites for hydroxylation is 1. The minimum absolute atomic E-state index is 0.0585. The predicted octanol–water partition coefficient (Wildman–Crippen LogP) is 2.96. The molecule has 1 aromatic carbocycles. The fraction of sp³-hybridized carbons (Fsp3) is 0.200. The summed E-state index contributed by atoms with van der Waals surface area (Å²) in [6, 6.07) is 11.7. The number of pyridine rings is 1. The molecule has 2 aromatic rings. The fourth-order valence-corrected chi connectivity index (χ4v) is 1.78. The second-order valence-corrected chi connectivity index (χ2v) is 4.37. The van der Waals surface area contributed by atoms with Crippen molar-refractivity contribution < 1.29 is 4.79 Å². The van der Waals surface area contributed by atoms with Crippen LogP contribution in [0.2, 0.25) is 0 Å². The smallest absolute Gasteiger partial charge is 0.221 e. The number of rotatable bonds is 4. The van der Waals surface area contributed by atoms with Gasteiger partial charge in [0.05, 0.1) is 11.4 Å². The Bertz CT molecular complexity index is 564. The maximum absolute atomic E-state index is 10.9. The molecule has 0 saturated carbocycles. The van der Waals surface area contributed by atoms with Crippen LogP contribution in [-0.2, 0) is 11.3 Å². The quantitative estimate of drug-likeness (QED) is 0.883. The lowest BCUT2D eigenvalue weighted by atomic mass is 10.2. The molecule has 0 bridgehead atoms. The summed E-state index contributed by atoms with van der Waals surface area (Å²) in [4.78, 5) is 15.1. The van der Waals surface area contributed by atoms with Crippen LogP contribution in [0.3, 0.4) is 0 Å². The Balaban J connectivity index is 1.97. The SMILES string of the molecule is CC(=O)Nc1ccc(CNc2cccnc2C)cc1. The van der Waals surface area contributed by atoms with Crippen molar-refractivity contribution in [3.63, 3.8) is 0 Å². The van der Waals surface area contributed by atoms with Crippen LogP contribution in [0.25, 0.3) is 0 Å². The van der Waals surface area contributed by atoms with Crippen LogP contribution in [0.1, 0.15) is 18.2 Å². The third kappa shape index (κ3) is 3.81. The first-order chi connectivity index (χ1) is 9.15. The zero-order valence-corrected chi connectivity index (χ0v) is 11.1. The van der Waals surface area contributed by atoms with Gasteiger partial charge in [-0.15, -0.1) is 0 Å². The molecule has 19 heavy (non-hydrogen) atoms. The summed E-state index contributed by atoms with van der Waals surface area (Å²) < 4.78 is 0. The maximum atomic E-state index is 10.9. The van der Waals surface area contributed by atoms with Crippen LogP contribution in [0.4, 0.5) is 11.4 Å². The van der Waals surface area contributed by atoms with Crippen molar-refractivity contribution in [1.29, 1.82) is 0 Å². The van der Waals surface area contributed by atoms with Gasteiger partial charge in [-0.3, -0.25) is 9.78 Å². The lowest BCUT2D eigenvalue weighted by Gasteiger charge is -2.09. The second kappa shape index (κ2) is 6.00. The van der Waals surface area contributed by atoms with E-state index in [2.05, 4.69) is 15.6 Å². The van der Waals surface area contributed by atoms with Crippen molar-refractivity contribution >= 4 is 17.3 Å². The monoisotopic (exact) mass is 255 g/mol. The molecule has 0 atom stereocenters. The number of nitrogens with one attached hydrogen (secondary N) is 2. The molecule has 2 rings (SSSR count). The van der Waals surface area contributed by atoms with E-state index in [0.29, 0.717) is 0 Å². The van der Waals surface area contributed by atoms with Gasteiger partial charge in [-0.1, -0.05) is 12.1 Å². The van der Waals surface area contributed by atoms with E-state index in [1.807, 2.05) is 43.3 Å². The average Bonchev–Trinajstić information content (AvgIpc) is 2.39. The minimum Gasteiger partial charge on any atom is -0.380 e. The van der Waals surface area contributed by atoms with Crippen LogP contribution in [-0.4, -0.2) is 10.9 Å². The highest BCUT2D eigenvalue weighted by Gasteiger charge is 1.99. The highest BCUT2D eigenvalue weighted by Crippen LogP contribution is 2.14. The third-order valence-corrected chi connectivity index (χ3v) is 2.76. The van der Waals surface area contributed by atoms with E-state index >= 15 is 0 Å². The molecule has 0 aliphatic heterocycles. The summed E-state index contributed by atoms with van der Waals surface area (Å²) >= 11 is 0. The molecule has 0 unspecified atom stereocenters. The summed E-state index contributed by atoms with van der Waals surface area (Å²) in [6.45, 7) is 4.20. The van der Waals surface area contributed by atoms with E-state index in [1.54, 1.807) is 6.20 Å². The standard InChI is InChI=1S/C15H17N3O/c1-11-15(4-3-9-16-11)17-10-13-5-7-14(8-6-13)18-12(2)19/h3-9,17H,10H2,1-2H3,(H,18,19). The number of carbonyl (C=O) groups is 1. The van der Waals surface area contributed by atoms with Gasteiger partial charge in [-0.05, 0) is 36.8 Å². The number of amides is 1. The van der Waals surface area contributed by atoms with Crippen LogP contribution in [0.15, 0.2) is 42.6 Å². The first-order valence-corrected chi connectivity index (χ1v) is 6.17. The molecule has 0 aliphatic carbocycles. The number of carbonyl (C=O) groups excluding carboxylic acids is 1. The molecule has 0 saturated heterocycles. The molecule has 1 aromatic heterocycles. The van der Waals surface area contributed by atoms with E-state index in [1.165, 1.54) is 6.92 Å². The van der Waals surface area contributed by atoms with Crippen LogP contribution >= 0.6 is 0 Å². The van der Waals surface area contributed by atoms with Gasteiger partial charge < -0.3 is 10.6 Å². The largest absolute Gasteiger partial charge is 0.380 e. The fourth-order valence-electron chi connectivity index (χ4n) is 1.78. The second-order valence-electron chi connectivity index (χ2n) is 4.37. The summed E-state index contributed by atoms with van der Waals surface area (Å²) in [5.41, 5.74) is 3.98. The normalized spacial score (nSPS) is 10.0. The van der Waals surface area contributed by atoms with E-state index in [4.69, 9.17) is 0 Å². The Morgan fingerprint density at radius 2 is 1.95 bits per heavy atom. The van der Waals surface area contributed by atoms with Crippen molar-refractivity contribution in [1.82, 2.24) is 4.98 Å². The van der Waals surface area contributed by atoms with Crippen molar-refractivity contribution in [3.8, 4) is 0 Å². The zero-order chi connectivity index (χ0) is 13.7. The Morgan fingerprint density at radius 3 is 2.58 bits per heavy atom. The summed E-state index contributed by atoms with van der Waals surface area (Å²) in [6.07, 6.45) is 1.78. The Labute approximate surface area is 112 Å². The molecule has 0 radical (unpaired) electrons. The predicted molar refractivity (Wildman–Crippen MR) is 77.0 cm³/mol. The van der Waals surface area contributed by atoms with Crippen LogP contribution in [0.5, 0.6) is 0 Å². The van der Waals surface area contributed by atoms with E-state index < -0.39 is 0 Å². The number of anilines is 2. The van der Waals surface area contributed by atoms with Gasteiger partial charge in [-0.25, -0.2) is 0 Å². The summed E-state index contributed by atoms with van der Waals surface area (Å²) in [5.74, 6) is -0.0585. The first-order valence-electron chi connectivity index (χ1n) is 6.17. The summed E-state index contributed by atoms with van der Waals surface area (Å²) in [7, 11) is 0. The van der Waals surface area contributed by atoms with Gasteiger partial charge in [0.2, 0.25) is 5.91 Å². The number of nitrogens with zero attached hydrogens (tertiary/aromatic N) is 1. The highest BCUT2D eigenvalue weighted by atomic mass is 16.1. The van der Waals surface area contributed by atoms with Crippen molar-refractivity contribution in [2.24, 2.45) is 0 Å². The molecule has 0 fully saturated rings. The summed E-state index contributed by atoms with van der Waals surface area (Å²) in [5, 5.41) is 6.09. The number of hydrogen-bond acceptors (Lipinski definition) is 3. The van der Waals surface area contributed by atoms with Gasteiger partial charge >= 0.3 is 0 Å². The van der Waals surface area contributed by atoms with Gasteiger partial charge in [0, 0.05) is 25.4 Å². The van der Waals surface area contributed by atoms with Crippen molar-refractivity contribution in [3.05, 3.63) is 53.9 Å². The van der Waals surface area contributed by atoms with Crippen LogP contribution < -0.4 is 10.6 Å². The van der Waals surface area contributed by atoms with E-state index in [9.17, 15) is 4.79 Å². The van der Waals surface area contributed by atoms with E-state index in [0.717, 1.165) is 29.2 Å². The number of benzene rings is 1. The van der Waals surface area contributed by atoms with Crippen molar-refractivity contribution in [2.45, 2.75) is 20.4 Å². The molecule has 2 N–H and O–H groups in total. The first kappa shape index (κ1) is 13.1. The Morgan fingerprint density at radius 1 is 1.21 bits per heavy atom. The molecule has 0 aliphatic rings. The van der Waals surface area contributed by atoms with Gasteiger partial charge in [0.1, 0.15) is 0 Å². The van der Waals surface area contributed by atoms with Gasteiger partial charge in [0.15, 0.2) is 0 Å². The molecule has 4 heteroatoms. The number of aromatic nitrogens is 1. The molecule has 1 amide bonds. The Kier molecular flexibility index (Phi) is 4.13. The zero-order valence-electron chi connectivity index (χ0n) is 11.1. The maximum Gasteiger partial charge on any atom is 0.221 e. The topological polar surface area (TPSA) is 54.0 Å². The Hall–Kier alpha value is -2.36. The molecule has 98 valence electrons. The van der Waals surface area contributed by atoms with Crippen molar-refractivity contribution in [2.75, 3.05) is 10.6 Å². The molecular weight excluding hydrogens is 238 g/mol. The molecular formula is C15H17N3O. The number of hydrogen-bond donors (Lipinski definition) is 2. The lowest BCUT2D eigenvalue weighted by molar-refractivity contribution is -0.114. The lowest BCUT2D eigenvalue weighted by Crippen LogP contribution is -2.06. The third-order valence-electron chi connectivity index (χ3n) is 2.76. The molecule has 0 spiro atoms. The highest BCUT2D eigenvalue weighted by molar-refractivity contribution is 5.88. The van der Waals surface area contributed by atoms with Gasteiger partial charge in [0.25, 0.3) is 0 Å². The molecule has 4 nitrogen and oxygen atoms in total. The van der Waals surface area contributed by atoms with Crippen LogP contribution in [0, 0.1) is 6.92 Å². The molecule has 1 heterocycles. The minimum atomic E-state index is -0.0585. The van der Waals surface area contributed by atoms with Gasteiger partial charge in [-0.2, -0.15) is 0 Å². The van der Waals surface area contributed by atoms with E-state index in [-0.39, 0.29) is 5.91 Å². The average molecular weight is 255 g/mol.